The molecule has 0 fully saturated rings. The Morgan fingerprint density at radius 3 is 0.943 bits per heavy atom. The van der Waals surface area contributed by atoms with Crippen molar-refractivity contribution in [1.82, 2.24) is 18.7 Å². The molecule has 7 heteroatoms. The fourth-order valence-corrected chi connectivity index (χ4v) is 17.5. The Morgan fingerprint density at radius 1 is 0.257 bits per heavy atom. The van der Waals surface area contributed by atoms with Gasteiger partial charge in [-0.25, -0.2) is 4.98 Å². The first-order chi connectivity index (χ1) is 52.0. The molecular formula is C98H59N5OS. The van der Waals surface area contributed by atoms with Crippen molar-refractivity contribution in [3.05, 3.63) is 363 Å². The Balaban J connectivity index is 1.02. The molecule has 0 spiro atoms. The molecule has 488 valence electrons. The van der Waals surface area contributed by atoms with Gasteiger partial charge in [-0.1, -0.05) is 255 Å². The molecule has 5 heterocycles. The minimum atomic E-state index is 0.461. The molecule has 0 aliphatic carbocycles. The standard InChI is InChI=1S/C98H59N5OS/c99-60-82-95(101-84-47-40-67(61-23-7-1-8-24-61)53-76(84)77-54-68(41-48-85(77)101)62-25-9-2-10-26-62)93(73-39-46-75-74-35-19-21-37-90(74)104-91(75)59-73)97(103-88-51-44-71(65-31-15-5-16-32-65)57-80(88)81-58-72(45-52-89(81)103)66-33-17-6-18-34-66)94(98-100-83-36-20-22-38-92(83)105-98)96(82)102-86-49-42-69(63-27-11-3-12-28-63)55-78(86)79-56-70(43-50-87(79)102)64-29-13-4-14-30-64/h1-59H. The van der Waals surface area contributed by atoms with Crippen LogP contribution < -0.4 is 0 Å². The van der Waals surface area contributed by atoms with Gasteiger partial charge in [0.15, 0.2) is 0 Å². The maximum atomic E-state index is 13.5. The monoisotopic (exact) mass is 1350 g/mol. The van der Waals surface area contributed by atoms with E-state index < -0.39 is 0 Å². The summed E-state index contributed by atoms with van der Waals surface area (Å²) in [6, 6.07) is 132. The predicted molar refractivity (Wildman–Crippen MR) is 438 cm³/mol. The zero-order valence-corrected chi connectivity index (χ0v) is 57.4. The average Bonchev–Trinajstić information content (AvgIpc) is 1.56. The molecule has 0 radical (unpaired) electrons. The zero-order chi connectivity index (χ0) is 69.2. The van der Waals surface area contributed by atoms with Gasteiger partial charge in [0, 0.05) is 48.7 Å². The van der Waals surface area contributed by atoms with Crippen molar-refractivity contribution in [3.63, 3.8) is 0 Å². The zero-order valence-electron chi connectivity index (χ0n) is 56.6. The molecule has 0 saturated heterocycles. The van der Waals surface area contributed by atoms with Gasteiger partial charge in [-0.3, -0.25) is 0 Å². The lowest BCUT2D eigenvalue weighted by Crippen LogP contribution is -2.13. The second-order valence-electron chi connectivity index (χ2n) is 27.2. The highest BCUT2D eigenvalue weighted by Gasteiger charge is 2.36. The van der Waals surface area contributed by atoms with Crippen molar-refractivity contribution in [2.45, 2.75) is 0 Å². The van der Waals surface area contributed by atoms with Crippen molar-refractivity contribution in [3.8, 4) is 112 Å². The summed E-state index contributed by atoms with van der Waals surface area (Å²) < 4.78 is 15.4. The highest BCUT2D eigenvalue weighted by Crippen LogP contribution is 2.55. The maximum absolute atomic E-state index is 13.5. The molecule has 0 unspecified atom stereocenters. The second kappa shape index (κ2) is 24.2. The molecule has 0 N–H and O–H groups in total. The van der Waals surface area contributed by atoms with Crippen LogP contribution in [0.3, 0.4) is 0 Å². The quantitative estimate of drug-likeness (QED) is 0.130. The summed E-state index contributed by atoms with van der Waals surface area (Å²) in [4.78, 5) is 5.87. The average molecular weight is 1350 g/mol. The van der Waals surface area contributed by atoms with E-state index in [2.05, 4.69) is 366 Å². The van der Waals surface area contributed by atoms with Crippen LogP contribution in [0.2, 0.25) is 0 Å². The number of fused-ring (bicyclic) bond motifs is 13. The van der Waals surface area contributed by atoms with E-state index in [9.17, 15) is 5.26 Å². The minimum Gasteiger partial charge on any atom is -0.456 e. The summed E-state index contributed by atoms with van der Waals surface area (Å²) in [6.45, 7) is 0. The van der Waals surface area contributed by atoms with Crippen LogP contribution >= 0.6 is 11.3 Å². The van der Waals surface area contributed by atoms with Crippen LogP contribution in [-0.4, -0.2) is 18.7 Å². The van der Waals surface area contributed by atoms with Crippen LogP contribution in [0.5, 0.6) is 0 Å². The summed E-state index contributed by atoms with van der Waals surface area (Å²) in [5.41, 5.74) is 26.5. The molecule has 21 rings (SSSR count). The van der Waals surface area contributed by atoms with Crippen molar-refractivity contribution < 1.29 is 4.42 Å². The smallest absolute Gasteiger partial charge is 0.136 e. The molecule has 0 aliphatic rings. The fourth-order valence-electron chi connectivity index (χ4n) is 16.5. The number of nitrogens with zero attached hydrogens (tertiary/aromatic N) is 5. The number of nitriles is 1. The van der Waals surface area contributed by atoms with Crippen LogP contribution in [0.4, 0.5) is 0 Å². The molecule has 0 aliphatic heterocycles. The van der Waals surface area contributed by atoms with Crippen LogP contribution in [0.25, 0.3) is 203 Å². The predicted octanol–water partition coefficient (Wildman–Crippen LogP) is 26.7. The van der Waals surface area contributed by atoms with E-state index in [1.54, 1.807) is 11.3 Å². The van der Waals surface area contributed by atoms with E-state index in [4.69, 9.17) is 9.40 Å². The van der Waals surface area contributed by atoms with Crippen LogP contribution in [0.15, 0.2) is 362 Å². The van der Waals surface area contributed by atoms with Crippen molar-refractivity contribution >= 4 is 109 Å². The molecule has 0 saturated carbocycles. The van der Waals surface area contributed by atoms with Gasteiger partial charge in [-0.15, -0.1) is 11.3 Å². The Morgan fingerprint density at radius 2 is 0.571 bits per heavy atom. The van der Waals surface area contributed by atoms with E-state index >= 15 is 0 Å². The number of hydrogen-bond acceptors (Lipinski definition) is 4. The van der Waals surface area contributed by atoms with Crippen LogP contribution in [0.1, 0.15) is 5.56 Å². The third kappa shape index (κ3) is 9.66. The van der Waals surface area contributed by atoms with E-state index in [1.165, 1.54) is 0 Å². The first-order valence-electron chi connectivity index (χ1n) is 35.5. The van der Waals surface area contributed by atoms with Gasteiger partial charge in [-0.05, 0) is 175 Å². The van der Waals surface area contributed by atoms with Gasteiger partial charge in [0.2, 0.25) is 0 Å². The summed E-state index contributed by atoms with van der Waals surface area (Å²) in [7, 11) is 0. The molecule has 0 amide bonds. The molecule has 0 bridgehead atoms. The first-order valence-corrected chi connectivity index (χ1v) is 36.4. The highest BCUT2D eigenvalue weighted by atomic mass is 32.1. The second-order valence-corrected chi connectivity index (χ2v) is 28.2. The Hall–Kier alpha value is -13.9. The largest absolute Gasteiger partial charge is 0.456 e. The molecule has 21 aromatic rings. The van der Waals surface area contributed by atoms with Gasteiger partial charge in [0.1, 0.15) is 27.8 Å². The SMILES string of the molecule is N#Cc1c(-n2c3ccc(-c4ccccc4)cc3c3cc(-c4ccccc4)ccc32)c(-c2ccc3c(c2)oc2ccccc23)c(-n2c3ccc(-c4ccccc4)cc3c3cc(-c4ccccc4)ccc32)c(-c2nc3ccccc3s2)c1-n1c2ccc(-c3ccccc3)cc2c2cc(-c3ccccc3)ccc21. The van der Waals surface area contributed by atoms with Crippen molar-refractivity contribution in [2.75, 3.05) is 0 Å². The van der Waals surface area contributed by atoms with Gasteiger partial charge in [0.25, 0.3) is 0 Å². The Kier molecular flexibility index (Phi) is 13.8. The Labute approximate surface area is 608 Å². The van der Waals surface area contributed by atoms with E-state index in [0.717, 1.165) is 192 Å². The number of benzene rings is 16. The molecule has 5 aromatic heterocycles. The number of furan rings is 1. The summed E-state index contributed by atoms with van der Waals surface area (Å²) in [5, 5.41) is 22.6. The van der Waals surface area contributed by atoms with Crippen LogP contribution in [-0.2, 0) is 0 Å². The topological polar surface area (TPSA) is 64.6 Å². The summed E-state index contributed by atoms with van der Waals surface area (Å²) >= 11 is 1.66. The molecule has 0 atom stereocenters. The highest BCUT2D eigenvalue weighted by molar-refractivity contribution is 7.21. The third-order valence-electron chi connectivity index (χ3n) is 21.3. The molecule has 6 nitrogen and oxygen atoms in total. The van der Waals surface area contributed by atoms with E-state index in [-0.39, 0.29) is 0 Å². The van der Waals surface area contributed by atoms with Gasteiger partial charge < -0.3 is 18.1 Å². The lowest BCUT2D eigenvalue weighted by Gasteiger charge is -2.28. The molecular weight excluding hydrogens is 1300 g/mol. The number of hydrogen-bond donors (Lipinski definition) is 0. The first kappa shape index (κ1) is 59.9. The normalized spacial score (nSPS) is 11.8. The summed E-state index contributed by atoms with van der Waals surface area (Å²) in [6.07, 6.45) is 0. The van der Waals surface area contributed by atoms with Gasteiger partial charge >= 0.3 is 0 Å². The number of thiazole rings is 1. The van der Waals surface area contributed by atoms with Gasteiger partial charge in [-0.2, -0.15) is 5.26 Å². The van der Waals surface area contributed by atoms with Gasteiger partial charge in [0.05, 0.1) is 65.9 Å². The molecule has 105 heavy (non-hydrogen) atoms. The number of para-hydroxylation sites is 2. The van der Waals surface area contributed by atoms with E-state index in [1.807, 2.05) is 12.1 Å². The fraction of sp³-hybridized carbons (Fsp3) is 0. The third-order valence-corrected chi connectivity index (χ3v) is 22.4. The lowest BCUT2D eigenvalue weighted by atomic mass is 9.90. The van der Waals surface area contributed by atoms with Crippen molar-refractivity contribution in [1.29, 1.82) is 5.26 Å². The van der Waals surface area contributed by atoms with E-state index in [0.29, 0.717) is 16.9 Å². The minimum absolute atomic E-state index is 0.461. The Bertz CT molecular complexity index is 6800. The van der Waals surface area contributed by atoms with Crippen molar-refractivity contribution in [2.24, 2.45) is 0 Å². The summed E-state index contributed by atoms with van der Waals surface area (Å²) in [5.74, 6) is 0. The molecule has 16 aromatic carbocycles. The number of aromatic nitrogens is 4. The number of rotatable bonds is 11. The van der Waals surface area contributed by atoms with Crippen LogP contribution in [0, 0.1) is 11.3 Å². The maximum Gasteiger partial charge on any atom is 0.136 e. The lowest BCUT2D eigenvalue weighted by molar-refractivity contribution is 0.669.